The highest BCUT2D eigenvalue weighted by Gasteiger charge is 2.12. The molecule has 2 heterocycles. The first-order chi connectivity index (χ1) is 13.1. The normalized spacial score (nSPS) is 10.4. The molecule has 1 amide bonds. The zero-order chi connectivity index (χ0) is 19.1. The van der Waals surface area contributed by atoms with Gasteiger partial charge in [-0.25, -0.2) is 4.98 Å². The zero-order valence-corrected chi connectivity index (χ0v) is 16.2. The van der Waals surface area contributed by atoms with Crippen LogP contribution in [0, 0.1) is 0 Å². The summed E-state index contributed by atoms with van der Waals surface area (Å²) in [6, 6.07) is 13.0. The molecular formula is C19H17N3O3S2. The smallest absolute Gasteiger partial charge is 0.312 e. The predicted octanol–water partition coefficient (Wildman–Crippen LogP) is 3.65. The Bertz CT molecular complexity index is 911. The molecule has 3 aromatic rings. The first-order valence-corrected chi connectivity index (χ1v) is 10.2. The Hall–Kier alpha value is -2.71. The van der Waals surface area contributed by atoms with Crippen LogP contribution in [0.25, 0.3) is 10.7 Å². The summed E-state index contributed by atoms with van der Waals surface area (Å²) in [6.45, 7) is -0.333. The molecule has 0 unspecified atom stereocenters. The van der Waals surface area contributed by atoms with Gasteiger partial charge in [-0.3, -0.25) is 14.6 Å². The summed E-state index contributed by atoms with van der Waals surface area (Å²) >= 11 is 3.03. The number of carbonyl (C=O) groups is 2. The first kappa shape index (κ1) is 19.1. The van der Waals surface area contributed by atoms with Gasteiger partial charge in [-0.15, -0.1) is 23.1 Å². The number of pyridine rings is 1. The van der Waals surface area contributed by atoms with Crippen molar-refractivity contribution in [2.75, 3.05) is 18.2 Å². The van der Waals surface area contributed by atoms with E-state index in [1.165, 1.54) is 11.3 Å². The van der Waals surface area contributed by atoms with Crippen molar-refractivity contribution < 1.29 is 14.3 Å². The molecule has 0 saturated heterocycles. The molecule has 0 aliphatic heterocycles. The van der Waals surface area contributed by atoms with Crippen molar-refractivity contribution in [3.8, 4) is 10.7 Å². The molecule has 0 saturated carbocycles. The third-order valence-corrected chi connectivity index (χ3v) is 5.16. The number of thioether (sulfide) groups is 1. The summed E-state index contributed by atoms with van der Waals surface area (Å²) in [4.78, 5) is 33.6. The summed E-state index contributed by atoms with van der Waals surface area (Å²) in [5.74, 6) is -0.881. The van der Waals surface area contributed by atoms with E-state index < -0.39 is 5.97 Å². The van der Waals surface area contributed by atoms with Gasteiger partial charge in [-0.05, 0) is 42.7 Å². The molecule has 0 atom stereocenters. The highest BCUT2D eigenvalue weighted by molar-refractivity contribution is 7.98. The Kier molecular flexibility index (Phi) is 6.56. The molecule has 1 aromatic carbocycles. The van der Waals surface area contributed by atoms with Gasteiger partial charge >= 0.3 is 5.97 Å². The highest BCUT2D eigenvalue weighted by Crippen LogP contribution is 2.21. The third kappa shape index (κ3) is 5.63. The zero-order valence-electron chi connectivity index (χ0n) is 14.5. The van der Waals surface area contributed by atoms with E-state index in [9.17, 15) is 9.59 Å². The molecule has 8 heteroatoms. The van der Waals surface area contributed by atoms with Gasteiger partial charge in [0.05, 0.1) is 17.8 Å². The number of esters is 1. The minimum atomic E-state index is -0.499. The lowest BCUT2D eigenvalue weighted by Crippen LogP contribution is -2.21. The van der Waals surface area contributed by atoms with Crippen molar-refractivity contribution in [3.05, 3.63) is 59.7 Å². The van der Waals surface area contributed by atoms with Gasteiger partial charge in [-0.2, -0.15) is 0 Å². The quantitative estimate of drug-likeness (QED) is 0.482. The fourth-order valence-corrected chi connectivity index (χ4v) is 3.41. The lowest BCUT2D eigenvalue weighted by atomic mass is 10.3. The van der Waals surface area contributed by atoms with E-state index in [2.05, 4.69) is 15.3 Å². The van der Waals surface area contributed by atoms with Crippen molar-refractivity contribution in [2.24, 2.45) is 0 Å². The van der Waals surface area contributed by atoms with Gasteiger partial charge in [0.25, 0.3) is 5.91 Å². The maximum absolute atomic E-state index is 11.9. The van der Waals surface area contributed by atoms with E-state index in [0.29, 0.717) is 11.4 Å². The van der Waals surface area contributed by atoms with Crippen molar-refractivity contribution >= 4 is 40.7 Å². The first-order valence-electron chi connectivity index (χ1n) is 8.09. The van der Waals surface area contributed by atoms with Crippen molar-refractivity contribution in [1.82, 2.24) is 9.97 Å². The van der Waals surface area contributed by atoms with Crippen LogP contribution in [0.5, 0.6) is 0 Å². The van der Waals surface area contributed by atoms with E-state index in [1.807, 2.05) is 36.6 Å². The fraction of sp³-hybridized carbons (Fsp3) is 0.158. The van der Waals surface area contributed by atoms with E-state index in [-0.39, 0.29) is 18.9 Å². The van der Waals surface area contributed by atoms with Crippen molar-refractivity contribution in [1.29, 1.82) is 0 Å². The van der Waals surface area contributed by atoms with Crippen LogP contribution in [0.15, 0.2) is 58.9 Å². The number of amides is 1. The molecule has 3 rings (SSSR count). The van der Waals surface area contributed by atoms with Gasteiger partial charge in [-0.1, -0.05) is 6.07 Å². The SMILES string of the molecule is CSc1ccc(NC(=O)COC(=O)Cc2csc(-c3ccccn3)n2)cc1. The average molecular weight is 399 g/mol. The number of benzene rings is 1. The molecule has 0 radical (unpaired) electrons. The Morgan fingerprint density at radius 2 is 2.00 bits per heavy atom. The molecule has 0 bridgehead atoms. The number of aromatic nitrogens is 2. The lowest BCUT2D eigenvalue weighted by molar-refractivity contribution is -0.146. The van der Waals surface area contributed by atoms with Gasteiger partial charge in [0.1, 0.15) is 5.01 Å². The number of nitrogens with zero attached hydrogens (tertiary/aromatic N) is 2. The van der Waals surface area contributed by atoms with Crippen LogP contribution in [-0.2, 0) is 20.7 Å². The molecule has 2 aromatic heterocycles. The number of thiazole rings is 1. The number of anilines is 1. The molecule has 0 spiro atoms. The molecule has 27 heavy (non-hydrogen) atoms. The molecule has 1 N–H and O–H groups in total. The topological polar surface area (TPSA) is 81.2 Å². The Labute approximate surface area is 165 Å². The fourth-order valence-electron chi connectivity index (χ4n) is 2.21. The Morgan fingerprint density at radius 1 is 1.19 bits per heavy atom. The molecule has 0 fully saturated rings. The Balaban J connectivity index is 1.46. The summed E-state index contributed by atoms with van der Waals surface area (Å²) < 4.78 is 5.03. The number of hydrogen-bond donors (Lipinski definition) is 1. The van der Waals surface area contributed by atoms with Crippen LogP contribution in [-0.4, -0.2) is 34.7 Å². The highest BCUT2D eigenvalue weighted by atomic mass is 32.2. The third-order valence-electron chi connectivity index (χ3n) is 3.50. The Morgan fingerprint density at radius 3 is 2.70 bits per heavy atom. The number of rotatable bonds is 7. The standard InChI is InChI=1S/C19H17N3O3S2/c1-26-15-7-5-13(6-8-15)21-17(23)11-25-18(24)10-14-12-27-19(22-14)16-4-2-3-9-20-16/h2-9,12H,10-11H2,1H3,(H,21,23). The molecule has 0 aliphatic carbocycles. The minimum absolute atomic E-state index is 0.0129. The van der Waals surface area contributed by atoms with E-state index >= 15 is 0 Å². The maximum Gasteiger partial charge on any atom is 0.312 e. The van der Waals surface area contributed by atoms with Crippen LogP contribution in [0.2, 0.25) is 0 Å². The van der Waals surface area contributed by atoms with Crippen LogP contribution < -0.4 is 5.32 Å². The van der Waals surface area contributed by atoms with E-state index in [1.54, 1.807) is 35.5 Å². The van der Waals surface area contributed by atoms with E-state index in [4.69, 9.17) is 4.74 Å². The summed E-state index contributed by atoms with van der Waals surface area (Å²) in [5.41, 5.74) is 2.01. The van der Waals surface area contributed by atoms with Crippen LogP contribution in [0.4, 0.5) is 5.69 Å². The molecular weight excluding hydrogens is 382 g/mol. The van der Waals surface area contributed by atoms with Gasteiger partial charge in [0.2, 0.25) is 0 Å². The summed E-state index contributed by atoms with van der Waals surface area (Å²) in [7, 11) is 0. The minimum Gasteiger partial charge on any atom is -0.455 e. The number of carbonyl (C=O) groups excluding carboxylic acids is 2. The number of nitrogens with one attached hydrogen (secondary N) is 1. The predicted molar refractivity (Wildman–Crippen MR) is 107 cm³/mol. The van der Waals surface area contributed by atoms with Gasteiger partial charge in [0, 0.05) is 22.2 Å². The van der Waals surface area contributed by atoms with Gasteiger partial charge < -0.3 is 10.1 Å². The van der Waals surface area contributed by atoms with Crippen molar-refractivity contribution in [2.45, 2.75) is 11.3 Å². The summed E-state index contributed by atoms with van der Waals surface area (Å²) in [6.07, 6.45) is 3.69. The largest absolute Gasteiger partial charge is 0.455 e. The van der Waals surface area contributed by atoms with E-state index in [0.717, 1.165) is 15.6 Å². The molecule has 6 nitrogen and oxygen atoms in total. The summed E-state index contributed by atoms with van der Waals surface area (Å²) in [5, 5.41) is 5.22. The van der Waals surface area contributed by atoms with Crippen molar-refractivity contribution in [3.63, 3.8) is 0 Å². The number of hydrogen-bond acceptors (Lipinski definition) is 7. The second-order valence-electron chi connectivity index (χ2n) is 5.47. The van der Waals surface area contributed by atoms with Crippen LogP contribution in [0.3, 0.4) is 0 Å². The molecule has 0 aliphatic rings. The number of ether oxygens (including phenoxy) is 1. The second kappa shape index (κ2) is 9.29. The second-order valence-corrected chi connectivity index (χ2v) is 7.21. The van der Waals surface area contributed by atoms with Crippen LogP contribution in [0.1, 0.15) is 5.69 Å². The molecule has 138 valence electrons. The average Bonchev–Trinajstić information content (AvgIpc) is 3.16. The van der Waals surface area contributed by atoms with Gasteiger partial charge in [0.15, 0.2) is 6.61 Å². The van der Waals surface area contributed by atoms with Crippen LogP contribution >= 0.6 is 23.1 Å². The lowest BCUT2D eigenvalue weighted by Gasteiger charge is -2.06. The monoisotopic (exact) mass is 399 g/mol. The maximum atomic E-state index is 11.9.